The van der Waals surface area contributed by atoms with Crippen molar-refractivity contribution in [2.45, 2.75) is 36.6 Å². The SMILES string of the molecule is COC[C@H]1COc2c(S(N)(=O)=NC(=O)Nc3c4c(cc5c3CC5)CC4)cnn21. The predicted octanol–water partition coefficient (Wildman–Crippen LogP) is 1.59. The van der Waals surface area contributed by atoms with Gasteiger partial charge in [-0.1, -0.05) is 6.07 Å². The number of aromatic nitrogens is 2. The number of carbonyl (C=O) groups excluding carboxylic acids is 1. The van der Waals surface area contributed by atoms with Crippen LogP contribution in [-0.2, 0) is 40.3 Å². The highest BCUT2D eigenvalue weighted by molar-refractivity contribution is 7.91. The van der Waals surface area contributed by atoms with Crippen molar-refractivity contribution in [2.75, 3.05) is 25.6 Å². The zero-order valence-electron chi connectivity index (χ0n) is 15.4. The Balaban J connectivity index is 1.43. The van der Waals surface area contributed by atoms with Crippen LogP contribution < -0.4 is 15.2 Å². The van der Waals surface area contributed by atoms with Crippen molar-refractivity contribution in [2.24, 2.45) is 9.50 Å². The van der Waals surface area contributed by atoms with E-state index in [0.717, 1.165) is 42.5 Å². The summed E-state index contributed by atoms with van der Waals surface area (Å²) in [6.45, 7) is 0.746. The lowest BCUT2D eigenvalue weighted by molar-refractivity contribution is 0.145. The van der Waals surface area contributed by atoms with E-state index >= 15 is 0 Å². The minimum Gasteiger partial charge on any atom is -0.475 e. The summed E-state index contributed by atoms with van der Waals surface area (Å²) in [6, 6.07) is 1.38. The lowest BCUT2D eigenvalue weighted by Crippen LogP contribution is -2.24. The molecule has 2 aromatic rings. The van der Waals surface area contributed by atoms with Crippen LogP contribution in [0.3, 0.4) is 0 Å². The van der Waals surface area contributed by atoms with Gasteiger partial charge >= 0.3 is 6.03 Å². The number of urea groups is 1. The molecule has 0 saturated carbocycles. The number of hydrogen-bond donors (Lipinski definition) is 2. The molecule has 2 atom stereocenters. The molecule has 3 N–H and O–H groups in total. The number of nitrogens with two attached hydrogens (primary N) is 1. The van der Waals surface area contributed by atoms with Crippen molar-refractivity contribution in [1.29, 1.82) is 0 Å². The van der Waals surface area contributed by atoms with E-state index in [1.807, 2.05) is 0 Å². The number of rotatable bonds is 4. The highest BCUT2D eigenvalue weighted by atomic mass is 32.2. The summed E-state index contributed by atoms with van der Waals surface area (Å²) in [6.07, 6.45) is 5.26. The number of nitrogens with one attached hydrogen (secondary N) is 1. The van der Waals surface area contributed by atoms with Gasteiger partial charge in [-0.05, 0) is 47.9 Å². The first-order valence-electron chi connectivity index (χ1n) is 9.19. The topological polar surface area (TPSA) is 121 Å². The number of carbonyl (C=O) groups is 1. The normalized spacial score (nSPS) is 20.6. The molecule has 2 heterocycles. The zero-order chi connectivity index (χ0) is 19.5. The van der Waals surface area contributed by atoms with Gasteiger partial charge in [0.1, 0.15) is 17.5 Å². The lowest BCUT2D eigenvalue weighted by Gasteiger charge is -2.31. The monoisotopic (exact) mass is 403 g/mol. The van der Waals surface area contributed by atoms with Crippen molar-refractivity contribution >= 4 is 21.6 Å². The van der Waals surface area contributed by atoms with Gasteiger partial charge in [0.15, 0.2) is 9.92 Å². The van der Waals surface area contributed by atoms with E-state index in [1.165, 1.54) is 17.3 Å². The van der Waals surface area contributed by atoms with Gasteiger partial charge in [-0.2, -0.15) is 5.10 Å². The fourth-order valence-electron chi connectivity index (χ4n) is 4.01. The van der Waals surface area contributed by atoms with Gasteiger partial charge in [0.05, 0.1) is 12.8 Å². The third kappa shape index (κ3) is 2.63. The maximum absolute atomic E-state index is 13.0. The Morgan fingerprint density at radius 1 is 1.39 bits per heavy atom. The molecule has 5 rings (SSSR count). The number of ether oxygens (including phenoxy) is 2. The number of nitrogens with zero attached hydrogens (tertiary/aromatic N) is 3. The van der Waals surface area contributed by atoms with Crippen molar-refractivity contribution in [3.63, 3.8) is 0 Å². The molecule has 10 heteroatoms. The summed E-state index contributed by atoms with van der Waals surface area (Å²) in [5.41, 5.74) is 5.68. The fraction of sp³-hybridized carbons (Fsp3) is 0.444. The number of methoxy groups -OCH3 is 1. The van der Waals surface area contributed by atoms with Crippen molar-refractivity contribution in [1.82, 2.24) is 9.78 Å². The van der Waals surface area contributed by atoms with Gasteiger partial charge in [-0.15, -0.1) is 4.36 Å². The molecule has 0 spiro atoms. The van der Waals surface area contributed by atoms with Crippen LogP contribution in [0.1, 0.15) is 28.3 Å². The first kappa shape index (κ1) is 17.7. The maximum Gasteiger partial charge on any atom is 0.354 e. The fourth-order valence-corrected chi connectivity index (χ4v) is 5.00. The minimum absolute atomic E-state index is 0.121. The Kier molecular flexibility index (Phi) is 3.97. The van der Waals surface area contributed by atoms with E-state index in [-0.39, 0.29) is 16.8 Å². The molecule has 2 amide bonds. The molecule has 0 bridgehead atoms. The number of aryl methyl sites for hydroxylation is 2. The third-order valence-electron chi connectivity index (χ3n) is 5.62. The van der Waals surface area contributed by atoms with E-state index in [0.29, 0.717) is 13.2 Å². The molecule has 148 valence electrons. The van der Waals surface area contributed by atoms with Crippen molar-refractivity contribution < 1.29 is 18.5 Å². The van der Waals surface area contributed by atoms with Crippen LogP contribution in [0.5, 0.6) is 5.88 Å². The van der Waals surface area contributed by atoms with Crippen LogP contribution in [0.4, 0.5) is 10.5 Å². The van der Waals surface area contributed by atoms with Crippen molar-refractivity contribution in [3.05, 3.63) is 34.5 Å². The number of hydrogen-bond acceptors (Lipinski definition) is 5. The Hall–Kier alpha value is -2.43. The number of anilines is 1. The van der Waals surface area contributed by atoms with Crippen molar-refractivity contribution in [3.8, 4) is 5.88 Å². The van der Waals surface area contributed by atoms with Crippen LogP contribution in [-0.4, -0.2) is 40.3 Å². The highest BCUT2D eigenvalue weighted by Crippen LogP contribution is 2.41. The first-order chi connectivity index (χ1) is 13.5. The molecule has 1 aliphatic heterocycles. The molecular formula is C18H21N5O4S. The number of amides is 2. The summed E-state index contributed by atoms with van der Waals surface area (Å²) in [5.74, 6) is 0.277. The Labute approximate surface area is 162 Å². The first-order valence-corrected chi connectivity index (χ1v) is 10.8. The Morgan fingerprint density at radius 3 is 2.71 bits per heavy atom. The second kappa shape index (κ2) is 6.29. The van der Waals surface area contributed by atoms with Gasteiger partial charge < -0.3 is 14.8 Å². The molecule has 28 heavy (non-hydrogen) atoms. The van der Waals surface area contributed by atoms with E-state index in [4.69, 9.17) is 14.6 Å². The summed E-state index contributed by atoms with van der Waals surface area (Å²) in [4.78, 5) is 12.7. The minimum atomic E-state index is -3.50. The summed E-state index contributed by atoms with van der Waals surface area (Å²) in [7, 11) is -1.91. The number of benzene rings is 1. The second-order valence-electron chi connectivity index (χ2n) is 7.30. The van der Waals surface area contributed by atoms with Gasteiger partial charge in [-0.3, -0.25) is 0 Å². The smallest absolute Gasteiger partial charge is 0.354 e. The molecule has 0 fully saturated rings. The molecule has 1 unspecified atom stereocenters. The molecule has 1 aromatic heterocycles. The molecule has 2 aliphatic carbocycles. The van der Waals surface area contributed by atoms with Crippen LogP contribution in [0.2, 0.25) is 0 Å². The van der Waals surface area contributed by atoms with E-state index in [2.05, 4.69) is 20.8 Å². The summed E-state index contributed by atoms with van der Waals surface area (Å²) in [5, 5.41) is 12.9. The van der Waals surface area contributed by atoms with Crippen LogP contribution in [0, 0.1) is 0 Å². The Bertz CT molecular complexity index is 1090. The Morgan fingerprint density at radius 2 is 2.11 bits per heavy atom. The molecule has 0 saturated heterocycles. The second-order valence-corrected chi connectivity index (χ2v) is 9.06. The molecule has 3 aliphatic rings. The van der Waals surface area contributed by atoms with Crippen LogP contribution >= 0.6 is 0 Å². The van der Waals surface area contributed by atoms with Gasteiger partial charge in [0.2, 0.25) is 5.88 Å². The lowest BCUT2D eigenvalue weighted by atomic mass is 9.76. The quantitative estimate of drug-likeness (QED) is 0.803. The average Bonchev–Trinajstić information content (AvgIpc) is 3.15. The average molecular weight is 403 g/mol. The summed E-state index contributed by atoms with van der Waals surface area (Å²) < 4.78 is 29.0. The highest BCUT2D eigenvalue weighted by Gasteiger charge is 2.32. The predicted molar refractivity (Wildman–Crippen MR) is 102 cm³/mol. The molecular weight excluding hydrogens is 382 g/mol. The zero-order valence-corrected chi connectivity index (χ0v) is 16.3. The van der Waals surface area contributed by atoms with Gasteiger partial charge in [0.25, 0.3) is 0 Å². The summed E-state index contributed by atoms with van der Waals surface area (Å²) >= 11 is 0. The molecule has 1 aromatic carbocycles. The van der Waals surface area contributed by atoms with E-state index in [1.54, 1.807) is 11.8 Å². The van der Waals surface area contributed by atoms with Gasteiger partial charge in [0, 0.05) is 12.8 Å². The van der Waals surface area contributed by atoms with Gasteiger partial charge in [-0.25, -0.2) is 18.8 Å². The maximum atomic E-state index is 13.0. The van der Waals surface area contributed by atoms with Crippen LogP contribution in [0.15, 0.2) is 21.5 Å². The van der Waals surface area contributed by atoms with E-state index in [9.17, 15) is 9.00 Å². The van der Waals surface area contributed by atoms with E-state index < -0.39 is 15.9 Å². The third-order valence-corrected chi connectivity index (χ3v) is 6.96. The molecule has 0 radical (unpaired) electrons. The molecule has 9 nitrogen and oxygen atoms in total. The number of fused-ring (bicyclic) bond motifs is 3. The largest absolute Gasteiger partial charge is 0.475 e. The standard InChI is InChI=1S/C18H21N5O4S/c1-26-8-12-9-27-17-15(7-20-23(12)17)28(19,25)22-18(24)21-16-13-4-2-10(13)6-11-3-5-14(11)16/h6-7,12H,2-5,8-9H2,1H3,(H3,19,21,22,24,25)/t12-,28?/m0/s1. The van der Waals surface area contributed by atoms with Crippen LogP contribution in [0.25, 0.3) is 0 Å².